The molecule has 14 heavy (non-hydrogen) atoms. The molecule has 1 aromatic rings. The van der Waals surface area contributed by atoms with E-state index in [0.717, 1.165) is 4.47 Å². The van der Waals surface area contributed by atoms with Crippen LogP contribution in [-0.2, 0) is 0 Å². The van der Waals surface area contributed by atoms with Gasteiger partial charge in [-0.2, -0.15) is 0 Å². The summed E-state index contributed by atoms with van der Waals surface area (Å²) in [5.41, 5.74) is 1.04. The molecule has 1 rings (SSSR count). The lowest BCUT2D eigenvalue weighted by atomic mass is 10.0. The van der Waals surface area contributed by atoms with Crippen molar-refractivity contribution in [1.29, 1.82) is 0 Å². The van der Waals surface area contributed by atoms with Gasteiger partial charge in [0.2, 0.25) is 0 Å². The highest BCUT2D eigenvalue weighted by Gasteiger charge is 2.17. The molecule has 0 spiro atoms. The Morgan fingerprint density at radius 3 is 2.57 bits per heavy atom. The molecule has 1 aromatic carbocycles. The third-order valence-corrected chi connectivity index (χ3v) is 2.77. The predicted molar refractivity (Wildman–Crippen MR) is 63.3 cm³/mol. The number of ketones is 1. The minimum absolute atomic E-state index is 0.0597. The molecule has 1 atom stereocenters. The molecule has 0 amide bonds. The average molecular weight is 322 g/mol. The van der Waals surface area contributed by atoms with Crippen LogP contribution >= 0.6 is 31.9 Å². The van der Waals surface area contributed by atoms with Crippen molar-refractivity contribution in [2.24, 2.45) is 0 Å². The fourth-order valence-electron chi connectivity index (χ4n) is 1.14. The molecule has 0 heterocycles. The monoisotopic (exact) mass is 320 g/mol. The summed E-state index contributed by atoms with van der Waals surface area (Å²) in [5.74, 6) is -0.0589. The number of hydrogen-bond donors (Lipinski definition) is 1. The Balaban J connectivity index is 3.27. The van der Waals surface area contributed by atoms with Crippen LogP contribution in [0.5, 0.6) is 5.75 Å². The van der Waals surface area contributed by atoms with Crippen molar-refractivity contribution >= 4 is 37.6 Å². The van der Waals surface area contributed by atoms with E-state index in [2.05, 4.69) is 31.9 Å². The van der Waals surface area contributed by atoms with Gasteiger partial charge in [0, 0.05) is 4.47 Å². The highest BCUT2D eigenvalue weighted by atomic mass is 79.9. The van der Waals surface area contributed by atoms with Crippen LogP contribution in [0.25, 0.3) is 0 Å². The standard InChI is InChI=1S/C10H10Br2O2/c1-5-3-7(12)4-8(9(5)13)10(14)6(2)11/h3-4,6,13H,1-2H3. The maximum atomic E-state index is 11.6. The van der Waals surface area contributed by atoms with E-state index in [4.69, 9.17) is 0 Å². The number of carbonyl (C=O) groups excluding carboxylic acids is 1. The quantitative estimate of drug-likeness (QED) is 0.669. The fraction of sp³-hybridized carbons (Fsp3) is 0.300. The highest BCUT2D eigenvalue weighted by Crippen LogP contribution is 2.28. The van der Waals surface area contributed by atoms with E-state index in [1.54, 1.807) is 26.0 Å². The molecule has 4 heteroatoms. The van der Waals surface area contributed by atoms with Gasteiger partial charge in [0.15, 0.2) is 5.78 Å². The van der Waals surface area contributed by atoms with Crippen LogP contribution in [0.2, 0.25) is 0 Å². The molecule has 0 bridgehead atoms. The van der Waals surface area contributed by atoms with Gasteiger partial charge in [-0.3, -0.25) is 4.79 Å². The Bertz CT molecular complexity index is 373. The van der Waals surface area contributed by atoms with Crippen LogP contribution < -0.4 is 0 Å². The lowest BCUT2D eigenvalue weighted by molar-refractivity contribution is 0.0993. The van der Waals surface area contributed by atoms with Gasteiger partial charge in [-0.1, -0.05) is 31.9 Å². The van der Waals surface area contributed by atoms with Gasteiger partial charge >= 0.3 is 0 Å². The molecule has 0 fully saturated rings. The van der Waals surface area contributed by atoms with E-state index < -0.39 is 0 Å². The topological polar surface area (TPSA) is 37.3 Å². The van der Waals surface area contributed by atoms with Crippen LogP contribution in [0.15, 0.2) is 16.6 Å². The second-order valence-corrected chi connectivity index (χ2v) is 5.39. The maximum absolute atomic E-state index is 11.6. The third kappa shape index (κ3) is 2.36. The number of aromatic hydroxyl groups is 1. The number of rotatable bonds is 2. The number of aryl methyl sites for hydroxylation is 1. The first kappa shape index (κ1) is 11.7. The van der Waals surface area contributed by atoms with E-state index in [9.17, 15) is 9.90 Å². The van der Waals surface area contributed by atoms with Crippen molar-refractivity contribution in [1.82, 2.24) is 0 Å². The summed E-state index contributed by atoms with van der Waals surface area (Å²) in [6.07, 6.45) is 0. The van der Waals surface area contributed by atoms with Crippen LogP contribution in [0.3, 0.4) is 0 Å². The van der Waals surface area contributed by atoms with Gasteiger partial charge in [0.1, 0.15) is 5.75 Å². The van der Waals surface area contributed by atoms with E-state index in [-0.39, 0.29) is 16.4 Å². The van der Waals surface area contributed by atoms with Gasteiger partial charge in [-0.05, 0) is 31.5 Å². The molecule has 0 saturated heterocycles. The number of alkyl halides is 1. The zero-order chi connectivity index (χ0) is 10.9. The van der Waals surface area contributed by atoms with Crippen molar-refractivity contribution in [3.63, 3.8) is 0 Å². The SMILES string of the molecule is Cc1cc(Br)cc(C(=O)C(C)Br)c1O. The lowest BCUT2D eigenvalue weighted by Crippen LogP contribution is -2.10. The zero-order valence-electron chi connectivity index (χ0n) is 7.84. The number of phenols is 1. The lowest BCUT2D eigenvalue weighted by Gasteiger charge is -2.08. The molecular weight excluding hydrogens is 312 g/mol. The largest absolute Gasteiger partial charge is 0.507 e. The van der Waals surface area contributed by atoms with Crippen LogP contribution in [0.4, 0.5) is 0 Å². The Morgan fingerprint density at radius 2 is 2.07 bits per heavy atom. The normalized spacial score (nSPS) is 12.6. The molecule has 0 aliphatic heterocycles. The highest BCUT2D eigenvalue weighted by molar-refractivity contribution is 9.10. The number of phenolic OH excluding ortho intramolecular Hbond substituents is 1. The van der Waals surface area contributed by atoms with E-state index >= 15 is 0 Å². The molecule has 1 N–H and O–H groups in total. The Labute approximate surface area is 99.6 Å². The van der Waals surface area contributed by atoms with Crippen LogP contribution in [0.1, 0.15) is 22.8 Å². The predicted octanol–water partition coefficient (Wildman–Crippen LogP) is 3.43. The number of benzene rings is 1. The van der Waals surface area contributed by atoms with Gasteiger partial charge in [0.05, 0.1) is 10.4 Å². The fourth-order valence-corrected chi connectivity index (χ4v) is 1.96. The molecule has 0 aliphatic carbocycles. The first-order valence-corrected chi connectivity index (χ1v) is 5.81. The molecule has 76 valence electrons. The summed E-state index contributed by atoms with van der Waals surface area (Å²) in [4.78, 5) is 11.4. The van der Waals surface area contributed by atoms with Gasteiger partial charge in [-0.25, -0.2) is 0 Å². The summed E-state index contributed by atoms with van der Waals surface area (Å²) >= 11 is 6.47. The molecular formula is C10H10Br2O2. The maximum Gasteiger partial charge on any atom is 0.179 e. The summed E-state index contributed by atoms with van der Waals surface area (Å²) in [7, 11) is 0. The molecule has 1 unspecified atom stereocenters. The van der Waals surface area contributed by atoms with Crippen molar-refractivity contribution in [3.05, 3.63) is 27.7 Å². The van der Waals surface area contributed by atoms with Crippen LogP contribution in [-0.4, -0.2) is 15.7 Å². The average Bonchev–Trinajstić information content (AvgIpc) is 2.09. The minimum atomic E-state index is -0.290. The Hall–Kier alpha value is -0.350. The number of Topliss-reactive ketones (excluding diaryl/α,β-unsaturated/α-hetero) is 1. The van der Waals surface area contributed by atoms with E-state index in [1.165, 1.54) is 0 Å². The van der Waals surface area contributed by atoms with Gasteiger partial charge < -0.3 is 5.11 Å². The Morgan fingerprint density at radius 1 is 1.50 bits per heavy atom. The second-order valence-electron chi connectivity index (χ2n) is 3.10. The number of hydrogen-bond acceptors (Lipinski definition) is 2. The molecule has 0 aromatic heterocycles. The van der Waals surface area contributed by atoms with E-state index in [0.29, 0.717) is 11.1 Å². The van der Waals surface area contributed by atoms with Gasteiger partial charge in [0.25, 0.3) is 0 Å². The van der Waals surface area contributed by atoms with Crippen molar-refractivity contribution < 1.29 is 9.90 Å². The minimum Gasteiger partial charge on any atom is -0.507 e. The zero-order valence-corrected chi connectivity index (χ0v) is 11.0. The summed E-state index contributed by atoms with van der Waals surface area (Å²) in [6, 6.07) is 3.40. The summed E-state index contributed by atoms with van der Waals surface area (Å²) in [6.45, 7) is 3.49. The second kappa shape index (κ2) is 4.45. The van der Waals surface area contributed by atoms with Crippen molar-refractivity contribution in [3.8, 4) is 5.75 Å². The molecule has 0 aliphatic rings. The molecule has 0 radical (unpaired) electrons. The number of halogens is 2. The van der Waals surface area contributed by atoms with Crippen molar-refractivity contribution in [2.45, 2.75) is 18.7 Å². The summed E-state index contributed by atoms with van der Waals surface area (Å²) < 4.78 is 0.796. The molecule has 0 saturated carbocycles. The number of carbonyl (C=O) groups is 1. The van der Waals surface area contributed by atoms with E-state index in [1.807, 2.05) is 0 Å². The first-order valence-electron chi connectivity index (χ1n) is 4.11. The third-order valence-electron chi connectivity index (χ3n) is 1.89. The summed E-state index contributed by atoms with van der Waals surface area (Å²) in [5, 5.41) is 9.68. The van der Waals surface area contributed by atoms with Gasteiger partial charge in [-0.15, -0.1) is 0 Å². The first-order chi connectivity index (χ1) is 6.43. The molecule has 2 nitrogen and oxygen atoms in total. The Kier molecular flexibility index (Phi) is 3.72. The smallest absolute Gasteiger partial charge is 0.179 e. The van der Waals surface area contributed by atoms with Crippen LogP contribution in [0, 0.1) is 6.92 Å². The van der Waals surface area contributed by atoms with Crippen molar-refractivity contribution in [2.75, 3.05) is 0 Å².